The van der Waals surface area contributed by atoms with Gasteiger partial charge in [0.1, 0.15) is 0 Å². The molecule has 0 aromatic carbocycles. The molecule has 2 atom stereocenters. The molecule has 1 aliphatic carbocycles. The van der Waals surface area contributed by atoms with Crippen LogP contribution in [0.2, 0.25) is 0 Å². The van der Waals surface area contributed by atoms with Crippen LogP contribution in [0.4, 0.5) is 0 Å². The molecule has 0 bridgehead atoms. The van der Waals surface area contributed by atoms with Crippen LogP contribution in [0, 0.1) is 11.8 Å². The largest absolute Gasteiger partial charge is 0.478 e. The molecule has 0 amide bonds. The van der Waals surface area contributed by atoms with Gasteiger partial charge in [0, 0.05) is 30.6 Å². The molecule has 2 aliphatic rings. The van der Waals surface area contributed by atoms with E-state index in [2.05, 4.69) is 11.0 Å². The van der Waals surface area contributed by atoms with E-state index in [0.29, 0.717) is 0 Å². The fourth-order valence-electron chi connectivity index (χ4n) is 3.42. The third-order valence-corrected chi connectivity index (χ3v) is 5.21. The number of rotatable bonds is 4. The van der Waals surface area contributed by atoms with Gasteiger partial charge in [0.2, 0.25) is 0 Å². The Morgan fingerprint density at radius 3 is 2.84 bits per heavy atom. The lowest BCUT2D eigenvalue weighted by molar-refractivity contribution is -0.131. The van der Waals surface area contributed by atoms with Crippen molar-refractivity contribution in [3.63, 3.8) is 0 Å². The van der Waals surface area contributed by atoms with Crippen LogP contribution in [0.3, 0.4) is 0 Å². The highest BCUT2D eigenvalue weighted by Crippen LogP contribution is 2.38. The minimum absolute atomic E-state index is 0.889. The predicted octanol–water partition coefficient (Wildman–Crippen LogP) is 3.08. The van der Waals surface area contributed by atoms with Crippen LogP contribution >= 0.6 is 11.3 Å². The second kappa shape index (κ2) is 5.47. The third-order valence-electron chi connectivity index (χ3n) is 4.27. The summed E-state index contributed by atoms with van der Waals surface area (Å²) in [6.45, 7) is 3.53. The first-order valence-electron chi connectivity index (χ1n) is 6.91. The van der Waals surface area contributed by atoms with Gasteiger partial charge < -0.3 is 5.11 Å². The Morgan fingerprint density at radius 2 is 2.16 bits per heavy atom. The highest BCUT2D eigenvalue weighted by Gasteiger charge is 2.35. The highest BCUT2D eigenvalue weighted by molar-refractivity contribution is 7.10. The number of fused-ring (bicyclic) bond motifs is 1. The lowest BCUT2D eigenvalue weighted by Crippen LogP contribution is -2.20. The summed E-state index contributed by atoms with van der Waals surface area (Å²) >= 11 is 1.73. The minimum atomic E-state index is -0.889. The van der Waals surface area contributed by atoms with Gasteiger partial charge in [0.15, 0.2) is 0 Å². The lowest BCUT2D eigenvalue weighted by Gasteiger charge is -2.15. The first-order valence-corrected chi connectivity index (χ1v) is 7.79. The molecule has 1 N–H and O–H groups in total. The first-order chi connectivity index (χ1) is 9.20. The lowest BCUT2D eigenvalue weighted by atomic mass is 10.0. The van der Waals surface area contributed by atoms with Crippen molar-refractivity contribution in [2.75, 3.05) is 13.1 Å². The Morgan fingerprint density at radius 1 is 1.42 bits per heavy atom. The van der Waals surface area contributed by atoms with Crippen molar-refractivity contribution in [3.05, 3.63) is 28.0 Å². The van der Waals surface area contributed by atoms with Crippen molar-refractivity contribution in [2.24, 2.45) is 11.8 Å². The van der Waals surface area contributed by atoms with Crippen LogP contribution in [-0.2, 0) is 11.3 Å². The van der Waals surface area contributed by atoms with Gasteiger partial charge in [-0.3, -0.25) is 4.90 Å². The van der Waals surface area contributed by atoms with Crippen molar-refractivity contribution in [1.29, 1.82) is 0 Å². The molecule has 1 saturated heterocycles. The second-order valence-electron chi connectivity index (χ2n) is 5.66. The number of carboxylic acids is 1. The van der Waals surface area contributed by atoms with E-state index in [1.807, 2.05) is 5.38 Å². The normalized spacial score (nSPS) is 27.2. The summed E-state index contributed by atoms with van der Waals surface area (Å²) in [5, 5.41) is 10.6. The summed E-state index contributed by atoms with van der Waals surface area (Å²) < 4.78 is 0. The summed E-state index contributed by atoms with van der Waals surface area (Å²) in [5.74, 6) is 0.984. The Labute approximate surface area is 117 Å². The van der Waals surface area contributed by atoms with Gasteiger partial charge in [-0.25, -0.2) is 4.79 Å². The molecule has 1 saturated carbocycles. The van der Waals surface area contributed by atoms with E-state index in [0.717, 1.165) is 23.9 Å². The molecule has 1 aromatic heterocycles. The number of carbonyl (C=O) groups is 1. The fourth-order valence-corrected chi connectivity index (χ4v) is 4.31. The standard InChI is InChI=1S/C15H19NO2S/c17-15(18)5-4-11-6-14(19-10-11)9-16-7-12-2-1-3-13(12)8-16/h4-6,10,12-13H,1-3,7-9H2,(H,17,18)/b5-4+. The maximum atomic E-state index is 10.5. The third kappa shape index (κ3) is 3.07. The molecule has 0 spiro atoms. The van der Waals surface area contributed by atoms with E-state index < -0.39 is 5.97 Å². The zero-order chi connectivity index (χ0) is 13.2. The molecule has 4 heteroatoms. The molecule has 0 radical (unpaired) electrons. The monoisotopic (exact) mass is 277 g/mol. The number of thiophene rings is 1. The second-order valence-corrected chi connectivity index (χ2v) is 6.66. The van der Waals surface area contributed by atoms with Gasteiger partial charge in [0.25, 0.3) is 0 Å². The Bertz CT molecular complexity index is 482. The van der Waals surface area contributed by atoms with E-state index in [4.69, 9.17) is 5.11 Å². The van der Waals surface area contributed by atoms with Crippen molar-refractivity contribution in [2.45, 2.75) is 25.8 Å². The van der Waals surface area contributed by atoms with Gasteiger partial charge >= 0.3 is 5.97 Å². The molecule has 2 unspecified atom stereocenters. The summed E-state index contributed by atoms with van der Waals surface area (Å²) in [5.41, 5.74) is 1.00. The molecule has 2 heterocycles. The summed E-state index contributed by atoms with van der Waals surface area (Å²) in [6.07, 6.45) is 7.12. The highest BCUT2D eigenvalue weighted by atomic mass is 32.1. The van der Waals surface area contributed by atoms with Crippen LogP contribution in [0.15, 0.2) is 17.5 Å². The van der Waals surface area contributed by atoms with Crippen molar-refractivity contribution >= 4 is 23.4 Å². The van der Waals surface area contributed by atoms with Crippen LogP contribution in [0.25, 0.3) is 6.08 Å². The fraction of sp³-hybridized carbons (Fsp3) is 0.533. The zero-order valence-corrected chi connectivity index (χ0v) is 11.7. The van der Waals surface area contributed by atoms with E-state index in [1.54, 1.807) is 17.4 Å². The molecule has 1 aromatic rings. The quantitative estimate of drug-likeness (QED) is 0.860. The number of carboxylic acid groups (broad SMARTS) is 1. The van der Waals surface area contributed by atoms with Gasteiger partial charge in [-0.2, -0.15) is 0 Å². The number of aliphatic carboxylic acids is 1. The molecule has 3 nitrogen and oxygen atoms in total. The van der Waals surface area contributed by atoms with Crippen LogP contribution in [-0.4, -0.2) is 29.1 Å². The van der Waals surface area contributed by atoms with Crippen molar-refractivity contribution < 1.29 is 9.90 Å². The zero-order valence-electron chi connectivity index (χ0n) is 10.9. The average Bonchev–Trinajstić information content (AvgIpc) is 3.02. The maximum absolute atomic E-state index is 10.5. The van der Waals surface area contributed by atoms with Gasteiger partial charge in [-0.15, -0.1) is 11.3 Å². The molecule has 102 valence electrons. The Kier molecular flexibility index (Phi) is 3.71. The predicted molar refractivity (Wildman–Crippen MR) is 77.1 cm³/mol. The topological polar surface area (TPSA) is 40.5 Å². The summed E-state index contributed by atoms with van der Waals surface area (Å²) in [4.78, 5) is 14.4. The van der Waals surface area contributed by atoms with E-state index >= 15 is 0 Å². The van der Waals surface area contributed by atoms with Crippen molar-refractivity contribution in [1.82, 2.24) is 4.90 Å². The number of nitrogens with zero attached hydrogens (tertiary/aromatic N) is 1. The smallest absolute Gasteiger partial charge is 0.328 e. The van der Waals surface area contributed by atoms with Crippen LogP contribution < -0.4 is 0 Å². The molecular weight excluding hydrogens is 258 g/mol. The number of likely N-dealkylation sites (tertiary alicyclic amines) is 1. The summed E-state index contributed by atoms with van der Waals surface area (Å²) in [7, 11) is 0. The van der Waals surface area contributed by atoms with Gasteiger partial charge in [0.05, 0.1) is 0 Å². The minimum Gasteiger partial charge on any atom is -0.478 e. The molecular formula is C15H19NO2S. The molecule has 2 fully saturated rings. The summed E-state index contributed by atoms with van der Waals surface area (Å²) in [6, 6.07) is 2.11. The Balaban J connectivity index is 1.57. The molecule has 1 aliphatic heterocycles. The van der Waals surface area contributed by atoms with Crippen LogP contribution in [0.5, 0.6) is 0 Å². The Hall–Kier alpha value is -1.13. The van der Waals surface area contributed by atoms with Crippen LogP contribution in [0.1, 0.15) is 29.7 Å². The number of hydrogen-bond donors (Lipinski definition) is 1. The van der Waals surface area contributed by atoms with E-state index in [-0.39, 0.29) is 0 Å². The molecule has 3 rings (SSSR count). The van der Waals surface area contributed by atoms with Crippen molar-refractivity contribution in [3.8, 4) is 0 Å². The number of hydrogen-bond acceptors (Lipinski definition) is 3. The molecule has 19 heavy (non-hydrogen) atoms. The average molecular weight is 277 g/mol. The van der Waals surface area contributed by atoms with Gasteiger partial charge in [-0.1, -0.05) is 6.42 Å². The van der Waals surface area contributed by atoms with Gasteiger partial charge in [-0.05, 0) is 47.8 Å². The van der Waals surface area contributed by atoms with E-state index in [9.17, 15) is 4.79 Å². The SMILES string of the molecule is O=C(O)/C=C/c1csc(CN2CC3CCCC3C2)c1. The first kappa shape index (κ1) is 12.9. The van der Waals surface area contributed by atoms with E-state index in [1.165, 1.54) is 43.3 Å². The maximum Gasteiger partial charge on any atom is 0.328 e.